The number of carbonyl (C=O) groups is 2. The summed E-state index contributed by atoms with van der Waals surface area (Å²) < 4.78 is 4.91. The Balaban J connectivity index is 3.01. The van der Waals surface area contributed by atoms with Crippen LogP contribution in [-0.2, 0) is 9.53 Å². The van der Waals surface area contributed by atoms with Crippen LogP contribution in [0.1, 0.15) is 40.2 Å². The lowest BCUT2D eigenvalue weighted by molar-refractivity contribution is -0.116. The molecule has 0 aliphatic carbocycles. The Morgan fingerprint density at radius 2 is 2.06 bits per heavy atom. The third-order valence-corrected chi connectivity index (χ3v) is 3.55. The van der Waals surface area contributed by atoms with Crippen LogP contribution < -0.4 is 0 Å². The van der Waals surface area contributed by atoms with Crippen LogP contribution in [0.2, 0.25) is 0 Å². The highest BCUT2D eigenvalue weighted by Crippen LogP contribution is 2.27. The van der Waals surface area contributed by atoms with E-state index in [1.165, 1.54) is 6.92 Å². The van der Waals surface area contributed by atoms with E-state index in [1.807, 2.05) is 6.92 Å². The monoisotopic (exact) mass is 298 g/mol. The number of aryl methyl sites for hydroxylation is 1. The number of hydrogen-bond acceptors (Lipinski definition) is 3. The highest BCUT2D eigenvalue weighted by Gasteiger charge is 2.16. The summed E-state index contributed by atoms with van der Waals surface area (Å²) in [4.78, 5) is 22.5. The van der Waals surface area contributed by atoms with E-state index < -0.39 is 0 Å². The van der Waals surface area contributed by atoms with E-state index in [0.29, 0.717) is 12.2 Å². The van der Waals surface area contributed by atoms with Gasteiger partial charge < -0.3 is 4.74 Å². The van der Waals surface area contributed by atoms with E-state index in [9.17, 15) is 9.59 Å². The number of rotatable bonds is 4. The minimum atomic E-state index is -0.337. The zero-order valence-corrected chi connectivity index (χ0v) is 11.7. The minimum Gasteiger partial charge on any atom is -0.462 e. The van der Waals surface area contributed by atoms with Gasteiger partial charge in [-0.25, -0.2) is 4.79 Å². The summed E-state index contributed by atoms with van der Waals surface area (Å²) in [6.07, 6.45) is 0. The van der Waals surface area contributed by atoms with E-state index in [2.05, 4.69) is 15.9 Å². The van der Waals surface area contributed by atoms with Crippen LogP contribution in [0.5, 0.6) is 0 Å². The molecule has 1 aromatic carbocycles. The van der Waals surface area contributed by atoms with Crippen molar-refractivity contribution in [1.82, 2.24) is 0 Å². The van der Waals surface area contributed by atoms with Gasteiger partial charge in [-0.1, -0.05) is 22.0 Å². The van der Waals surface area contributed by atoms with Crippen LogP contribution in [0.3, 0.4) is 0 Å². The predicted molar refractivity (Wildman–Crippen MR) is 69.5 cm³/mol. The molecule has 4 heteroatoms. The largest absolute Gasteiger partial charge is 0.462 e. The molecule has 92 valence electrons. The number of carbonyl (C=O) groups excluding carboxylic acids is 2. The number of benzene rings is 1. The van der Waals surface area contributed by atoms with Crippen LogP contribution in [0, 0.1) is 6.92 Å². The third-order valence-electron chi connectivity index (χ3n) is 2.41. The van der Waals surface area contributed by atoms with Crippen molar-refractivity contribution in [2.75, 3.05) is 6.61 Å². The van der Waals surface area contributed by atoms with E-state index in [0.717, 1.165) is 11.1 Å². The molecule has 0 heterocycles. The Labute approximate surface area is 109 Å². The first kappa shape index (κ1) is 13.9. The first-order chi connectivity index (χ1) is 7.97. The molecular formula is C13H15BrO3. The first-order valence-corrected chi connectivity index (χ1v) is 6.31. The molecule has 0 fully saturated rings. The highest BCUT2D eigenvalue weighted by atomic mass is 79.9. The molecule has 0 aromatic heterocycles. The van der Waals surface area contributed by atoms with E-state index >= 15 is 0 Å². The Hall–Kier alpha value is -1.16. The molecule has 0 amide bonds. The summed E-state index contributed by atoms with van der Waals surface area (Å²) in [5.41, 5.74) is 2.29. The molecule has 0 N–H and O–H groups in total. The zero-order chi connectivity index (χ0) is 13.0. The molecule has 1 rings (SSSR count). The quantitative estimate of drug-likeness (QED) is 0.633. The number of ether oxygens (including phenoxy) is 1. The van der Waals surface area contributed by atoms with Crippen molar-refractivity contribution in [1.29, 1.82) is 0 Å². The van der Waals surface area contributed by atoms with Gasteiger partial charge in [-0.05, 0) is 44.0 Å². The van der Waals surface area contributed by atoms with Crippen molar-refractivity contribution in [3.05, 3.63) is 34.9 Å². The van der Waals surface area contributed by atoms with Gasteiger partial charge in [0.1, 0.15) is 5.78 Å². The first-order valence-electron chi connectivity index (χ1n) is 5.39. The molecule has 0 spiro atoms. The Bertz CT molecular complexity index is 440. The lowest BCUT2D eigenvalue weighted by atomic mass is 10.0. The third kappa shape index (κ3) is 3.40. The van der Waals surface area contributed by atoms with Gasteiger partial charge >= 0.3 is 5.97 Å². The standard InChI is InChI=1S/C13H15BrO3/c1-4-17-13(16)10-5-6-11(8(2)7-10)12(14)9(3)15/h5-7,12H,4H2,1-3H3. The number of esters is 1. The van der Waals surface area contributed by atoms with Crippen LogP contribution in [0.4, 0.5) is 0 Å². The predicted octanol–water partition coefficient (Wildman–Crippen LogP) is 3.20. The fourth-order valence-corrected chi connectivity index (χ4v) is 2.03. The van der Waals surface area contributed by atoms with Gasteiger partial charge in [0.25, 0.3) is 0 Å². The molecule has 3 nitrogen and oxygen atoms in total. The number of halogens is 1. The number of Topliss-reactive ketones (excluding diaryl/α,β-unsaturated/α-hetero) is 1. The van der Waals surface area contributed by atoms with Crippen molar-refractivity contribution < 1.29 is 14.3 Å². The molecule has 1 unspecified atom stereocenters. The number of alkyl halides is 1. The Morgan fingerprint density at radius 3 is 2.53 bits per heavy atom. The average Bonchev–Trinajstić information content (AvgIpc) is 2.28. The van der Waals surface area contributed by atoms with Gasteiger partial charge in [0.2, 0.25) is 0 Å². The summed E-state index contributed by atoms with van der Waals surface area (Å²) in [6.45, 7) is 5.52. The van der Waals surface area contributed by atoms with Gasteiger partial charge in [-0.3, -0.25) is 4.79 Å². The van der Waals surface area contributed by atoms with E-state index in [4.69, 9.17) is 4.74 Å². The minimum absolute atomic E-state index is 0.0389. The van der Waals surface area contributed by atoms with Crippen LogP contribution in [0.25, 0.3) is 0 Å². The van der Waals surface area contributed by atoms with Crippen molar-refractivity contribution in [2.45, 2.75) is 25.6 Å². The summed E-state index contributed by atoms with van der Waals surface area (Å²) in [6, 6.07) is 5.20. The molecule has 1 aromatic rings. The maximum atomic E-state index is 11.5. The van der Waals surface area contributed by atoms with Crippen molar-refractivity contribution >= 4 is 27.7 Å². The maximum Gasteiger partial charge on any atom is 0.338 e. The second-order valence-corrected chi connectivity index (χ2v) is 4.68. The van der Waals surface area contributed by atoms with Crippen LogP contribution >= 0.6 is 15.9 Å². The second kappa shape index (κ2) is 5.96. The van der Waals surface area contributed by atoms with Crippen molar-refractivity contribution in [2.24, 2.45) is 0 Å². The fourth-order valence-electron chi connectivity index (χ4n) is 1.52. The van der Waals surface area contributed by atoms with Gasteiger partial charge in [-0.15, -0.1) is 0 Å². The summed E-state index contributed by atoms with van der Waals surface area (Å²) in [5.74, 6) is -0.298. The van der Waals surface area contributed by atoms with Gasteiger partial charge in [0, 0.05) is 0 Å². The fraction of sp³-hybridized carbons (Fsp3) is 0.385. The molecule has 17 heavy (non-hydrogen) atoms. The van der Waals surface area contributed by atoms with E-state index in [1.54, 1.807) is 25.1 Å². The molecule has 0 saturated carbocycles. The smallest absolute Gasteiger partial charge is 0.338 e. The van der Waals surface area contributed by atoms with Crippen molar-refractivity contribution in [3.8, 4) is 0 Å². The number of ketones is 1. The van der Waals surface area contributed by atoms with Crippen LogP contribution in [0.15, 0.2) is 18.2 Å². The van der Waals surface area contributed by atoms with Crippen LogP contribution in [-0.4, -0.2) is 18.4 Å². The normalized spacial score (nSPS) is 12.0. The molecule has 0 aliphatic heterocycles. The average molecular weight is 299 g/mol. The molecule has 0 radical (unpaired) electrons. The molecule has 0 aliphatic rings. The molecule has 0 bridgehead atoms. The summed E-state index contributed by atoms with van der Waals surface area (Å²) >= 11 is 3.33. The van der Waals surface area contributed by atoms with Gasteiger partial charge in [0.05, 0.1) is 17.0 Å². The van der Waals surface area contributed by atoms with E-state index in [-0.39, 0.29) is 16.6 Å². The Kier molecular flexibility index (Phi) is 4.87. The summed E-state index contributed by atoms with van der Waals surface area (Å²) in [7, 11) is 0. The Morgan fingerprint density at radius 1 is 1.41 bits per heavy atom. The topological polar surface area (TPSA) is 43.4 Å². The lowest BCUT2D eigenvalue weighted by Gasteiger charge is -2.11. The highest BCUT2D eigenvalue weighted by molar-refractivity contribution is 9.09. The lowest BCUT2D eigenvalue weighted by Crippen LogP contribution is -2.07. The van der Waals surface area contributed by atoms with Crippen molar-refractivity contribution in [3.63, 3.8) is 0 Å². The SMILES string of the molecule is CCOC(=O)c1ccc(C(Br)C(C)=O)c(C)c1. The van der Waals surface area contributed by atoms with Gasteiger partial charge in [0.15, 0.2) is 0 Å². The molecular weight excluding hydrogens is 284 g/mol. The maximum absolute atomic E-state index is 11.5. The second-order valence-electron chi connectivity index (χ2n) is 3.77. The zero-order valence-electron chi connectivity index (χ0n) is 10.1. The number of hydrogen-bond donors (Lipinski definition) is 0. The van der Waals surface area contributed by atoms with Gasteiger partial charge in [-0.2, -0.15) is 0 Å². The molecule has 1 atom stereocenters. The molecule has 0 saturated heterocycles. The summed E-state index contributed by atoms with van der Waals surface area (Å²) in [5, 5.41) is 0.